The highest BCUT2D eigenvalue weighted by molar-refractivity contribution is 5.93. The lowest BCUT2D eigenvalue weighted by molar-refractivity contribution is -0.141. The van der Waals surface area contributed by atoms with Gasteiger partial charge in [0.05, 0.1) is 7.11 Å². The molecule has 4 amide bonds. The molecule has 1 aliphatic rings. The molecule has 1 fully saturated rings. The molecular weight excluding hydrogens is 462 g/mol. The van der Waals surface area contributed by atoms with Gasteiger partial charge < -0.3 is 30.2 Å². The van der Waals surface area contributed by atoms with E-state index in [4.69, 9.17) is 4.74 Å². The predicted molar refractivity (Wildman–Crippen MR) is 134 cm³/mol. The molecule has 2 atom stereocenters. The number of likely N-dealkylation sites (N-methyl/N-ethyl adjacent to an activating group) is 1. The fraction of sp³-hybridized carbons (Fsp3) is 0.462. The van der Waals surface area contributed by atoms with E-state index in [1.165, 1.54) is 4.90 Å². The Labute approximate surface area is 211 Å². The van der Waals surface area contributed by atoms with E-state index < -0.39 is 12.1 Å². The molecule has 3 rings (SSSR count). The highest BCUT2D eigenvalue weighted by atomic mass is 16.5. The van der Waals surface area contributed by atoms with Crippen LogP contribution in [0.2, 0.25) is 0 Å². The molecule has 1 aromatic heterocycles. The molecule has 36 heavy (non-hydrogen) atoms. The number of H-pyrrole nitrogens is 1. The van der Waals surface area contributed by atoms with Crippen molar-refractivity contribution in [2.75, 3.05) is 33.8 Å². The molecule has 0 bridgehead atoms. The van der Waals surface area contributed by atoms with Gasteiger partial charge in [0.15, 0.2) is 0 Å². The van der Waals surface area contributed by atoms with Crippen LogP contribution in [0, 0.1) is 0 Å². The third kappa shape index (κ3) is 7.10. The van der Waals surface area contributed by atoms with Gasteiger partial charge in [-0.15, -0.1) is 0 Å². The zero-order chi connectivity index (χ0) is 26.1. The zero-order valence-corrected chi connectivity index (χ0v) is 21.1. The van der Waals surface area contributed by atoms with Gasteiger partial charge in [-0.25, -0.2) is 0 Å². The highest BCUT2D eigenvalue weighted by Crippen LogP contribution is 2.15. The Kier molecular flexibility index (Phi) is 9.49. The molecule has 10 heteroatoms. The van der Waals surface area contributed by atoms with E-state index >= 15 is 0 Å². The maximum absolute atomic E-state index is 13.3. The van der Waals surface area contributed by atoms with Crippen LogP contribution in [-0.4, -0.2) is 84.3 Å². The van der Waals surface area contributed by atoms with Gasteiger partial charge in [-0.1, -0.05) is 12.1 Å². The quantitative estimate of drug-likeness (QED) is 0.588. The lowest BCUT2D eigenvalue weighted by atomic mass is 10.0. The van der Waals surface area contributed by atoms with Crippen LogP contribution in [0.3, 0.4) is 0 Å². The van der Waals surface area contributed by atoms with Crippen LogP contribution in [0.4, 0.5) is 0 Å². The van der Waals surface area contributed by atoms with Crippen molar-refractivity contribution in [2.24, 2.45) is 0 Å². The molecule has 2 heterocycles. The molecular formula is C26H35N5O5. The lowest BCUT2D eigenvalue weighted by Crippen LogP contribution is -2.54. The van der Waals surface area contributed by atoms with E-state index in [0.29, 0.717) is 43.9 Å². The summed E-state index contributed by atoms with van der Waals surface area (Å²) in [5.41, 5.74) is 1.32. The van der Waals surface area contributed by atoms with Crippen LogP contribution >= 0.6 is 0 Å². The Bertz CT molecular complexity index is 1040. The standard InChI is InChI=1S/C26H35N5O5/c1-18-24(33)28-14-6-16-31(26(35)21-7-4-13-27-21)15-5-8-23(32)29-22(25(34)30(18)2)17-19-9-11-20(36-3)12-10-19/h4,7,9-13,18,22,27H,5-6,8,14-17H2,1-3H3,(H,28,33)(H,29,32)/t18-,22-/m0/s1. The van der Waals surface area contributed by atoms with Crippen molar-refractivity contribution in [3.63, 3.8) is 0 Å². The number of hydrogen-bond acceptors (Lipinski definition) is 5. The van der Waals surface area contributed by atoms with Gasteiger partial charge in [0.1, 0.15) is 23.5 Å². The minimum Gasteiger partial charge on any atom is -0.497 e. The monoisotopic (exact) mass is 497 g/mol. The van der Waals surface area contributed by atoms with Crippen LogP contribution in [0.1, 0.15) is 42.2 Å². The van der Waals surface area contributed by atoms with Crippen LogP contribution in [0.5, 0.6) is 5.75 Å². The van der Waals surface area contributed by atoms with Crippen LogP contribution in [0.15, 0.2) is 42.6 Å². The molecule has 194 valence electrons. The molecule has 0 aliphatic carbocycles. The second-order valence-corrected chi connectivity index (χ2v) is 8.92. The molecule has 2 aromatic rings. The maximum Gasteiger partial charge on any atom is 0.270 e. The Morgan fingerprint density at radius 3 is 2.47 bits per heavy atom. The number of methoxy groups -OCH3 is 1. The number of rotatable bonds is 4. The van der Waals surface area contributed by atoms with Crippen LogP contribution < -0.4 is 15.4 Å². The Hall–Kier alpha value is -3.82. The number of benzene rings is 1. The predicted octanol–water partition coefficient (Wildman–Crippen LogP) is 1.34. The highest BCUT2D eigenvalue weighted by Gasteiger charge is 2.30. The number of carbonyl (C=O) groups is 4. The Balaban J connectivity index is 1.77. The van der Waals surface area contributed by atoms with E-state index in [2.05, 4.69) is 15.6 Å². The van der Waals surface area contributed by atoms with Crippen molar-refractivity contribution in [2.45, 2.75) is 44.7 Å². The van der Waals surface area contributed by atoms with E-state index in [0.717, 1.165) is 5.56 Å². The van der Waals surface area contributed by atoms with Gasteiger partial charge in [0, 0.05) is 45.7 Å². The number of hydrogen-bond donors (Lipinski definition) is 3. The summed E-state index contributed by atoms with van der Waals surface area (Å²) in [6.45, 7) is 2.83. The van der Waals surface area contributed by atoms with Crippen LogP contribution in [-0.2, 0) is 20.8 Å². The summed E-state index contributed by atoms with van der Waals surface area (Å²) in [6, 6.07) is 9.17. The van der Waals surface area contributed by atoms with Crippen molar-refractivity contribution in [3.8, 4) is 5.75 Å². The number of amides is 4. The summed E-state index contributed by atoms with van der Waals surface area (Å²) in [6.07, 6.45) is 3.11. The molecule has 0 unspecified atom stereocenters. The van der Waals surface area contributed by atoms with Crippen molar-refractivity contribution in [1.82, 2.24) is 25.4 Å². The van der Waals surface area contributed by atoms with Gasteiger partial charge in [-0.05, 0) is 49.6 Å². The third-order valence-corrected chi connectivity index (χ3v) is 6.39. The van der Waals surface area contributed by atoms with Crippen molar-refractivity contribution >= 4 is 23.6 Å². The van der Waals surface area contributed by atoms with Gasteiger partial charge in [-0.3, -0.25) is 19.2 Å². The summed E-state index contributed by atoms with van der Waals surface area (Å²) in [4.78, 5) is 57.7. The first-order valence-electron chi connectivity index (χ1n) is 12.2. The first-order valence-corrected chi connectivity index (χ1v) is 12.2. The average Bonchev–Trinajstić information content (AvgIpc) is 3.43. The normalized spacial score (nSPS) is 20.7. The molecule has 0 radical (unpaired) electrons. The summed E-state index contributed by atoms with van der Waals surface area (Å²) in [5, 5.41) is 5.70. The van der Waals surface area contributed by atoms with E-state index in [-0.39, 0.29) is 36.5 Å². The fourth-order valence-electron chi connectivity index (χ4n) is 4.08. The minimum absolute atomic E-state index is 0.156. The second-order valence-electron chi connectivity index (χ2n) is 8.92. The van der Waals surface area contributed by atoms with Crippen molar-refractivity contribution in [3.05, 3.63) is 53.9 Å². The SMILES string of the molecule is COc1ccc(C[C@@H]2NC(=O)CCCN(C(=O)c3ccc[nH]3)CCCNC(=O)[C@H](C)N(C)C2=O)cc1. The van der Waals surface area contributed by atoms with Crippen molar-refractivity contribution < 1.29 is 23.9 Å². The topological polar surface area (TPSA) is 124 Å². The molecule has 0 spiro atoms. The molecule has 0 saturated carbocycles. The first-order chi connectivity index (χ1) is 17.3. The smallest absolute Gasteiger partial charge is 0.270 e. The van der Waals surface area contributed by atoms with Gasteiger partial charge >= 0.3 is 0 Å². The first kappa shape index (κ1) is 26.8. The lowest BCUT2D eigenvalue weighted by Gasteiger charge is -2.29. The van der Waals surface area contributed by atoms with Crippen LogP contribution in [0.25, 0.3) is 0 Å². The number of ether oxygens (including phenoxy) is 1. The molecule has 1 aliphatic heterocycles. The third-order valence-electron chi connectivity index (χ3n) is 6.39. The number of aromatic nitrogens is 1. The minimum atomic E-state index is -0.840. The van der Waals surface area contributed by atoms with E-state index in [9.17, 15) is 19.2 Å². The summed E-state index contributed by atoms with van der Waals surface area (Å²) >= 11 is 0. The fourth-order valence-corrected chi connectivity index (χ4v) is 4.08. The number of nitrogens with zero attached hydrogens (tertiary/aromatic N) is 2. The maximum atomic E-state index is 13.3. The number of aromatic amines is 1. The zero-order valence-electron chi connectivity index (χ0n) is 21.1. The number of carbonyl (C=O) groups excluding carboxylic acids is 4. The van der Waals surface area contributed by atoms with E-state index in [1.807, 2.05) is 12.1 Å². The Morgan fingerprint density at radius 1 is 1.08 bits per heavy atom. The van der Waals surface area contributed by atoms with Gasteiger partial charge in [0.25, 0.3) is 5.91 Å². The average molecular weight is 498 g/mol. The molecule has 1 saturated heterocycles. The largest absolute Gasteiger partial charge is 0.497 e. The second kappa shape index (κ2) is 12.8. The summed E-state index contributed by atoms with van der Waals surface area (Å²) in [5.74, 6) is -0.388. The number of nitrogens with one attached hydrogen (secondary N) is 3. The molecule has 3 N–H and O–H groups in total. The molecule has 10 nitrogen and oxygen atoms in total. The molecule has 1 aromatic carbocycles. The van der Waals surface area contributed by atoms with Gasteiger partial charge in [-0.2, -0.15) is 0 Å². The summed E-state index contributed by atoms with van der Waals surface area (Å²) in [7, 11) is 3.14. The van der Waals surface area contributed by atoms with E-state index in [1.54, 1.807) is 56.4 Å². The van der Waals surface area contributed by atoms with Crippen molar-refractivity contribution in [1.29, 1.82) is 0 Å². The summed E-state index contributed by atoms with van der Waals surface area (Å²) < 4.78 is 5.19. The van der Waals surface area contributed by atoms with Gasteiger partial charge in [0.2, 0.25) is 17.7 Å². The Morgan fingerprint density at radius 2 is 1.81 bits per heavy atom.